The first-order chi connectivity index (χ1) is 9.60. The van der Waals surface area contributed by atoms with E-state index in [0.717, 1.165) is 17.0 Å². The first kappa shape index (κ1) is 14.0. The summed E-state index contributed by atoms with van der Waals surface area (Å²) in [6, 6.07) is 3.45. The standard InChI is InChI=1S/C14H17N3O3/c1-9-12(10(2)20-17-9)5-6-13(18)16-11-4-7-14(19-3)15-8-11/h4,7-8H,5-6H2,1-3H3,(H,16,18). The molecular formula is C14H17N3O3. The Morgan fingerprint density at radius 1 is 1.40 bits per heavy atom. The van der Waals surface area contributed by atoms with Crippen molar-refractivity contribution in [3.63, 3.8) is 0 Å². The lowest BCUT2D eigenvalue weighted by molar-refractivity contribution is -0.116. The zero-order chi connectivity index (χ0) is 14.5. The zero-order valence-corrected chi connectivity index (χ0v) is 11.8. The monoisotopic (exact) mass is 275 g/mol. The molecule has 6 heteroatoms. The van der Waals surface area contributed by atoms with Crippen LogP contribution in [0.15, 0.2) is 22.9 Å². The molecule has 0 atom stereocenters. The zero-order valence-electron chi connectivity index (χ0n) is 11.8. The lowest BCUT2D eigenvalue weighted by atomic mass is 10.1. The highest BCUT2D eigenvalue weighted by Crippen LogP contribution is 2.15. The van der Waals surface area contributed by atoms with Gasteiger partial charge in [0.25, 0.3) is 0 Å². The van der Waals surface area contributed by atoms with Gasteiger partial charge in [0.05, 0.1) is 24.7 Å². The summed E-state index contributed by atoms with van der Waals surface area (Å²) in [5.74, 6) is 1.21. The Morgan fingerprint density at radius 2 is 2.20 bits per heavy atom. The molecule has 0 aliphatic rings. The molecule has 0 aliphatic heterocycles. The number of anilines is 1. The van der Waals surface area contributed by atoms with Gasteiger partial charge in [-0.2, -0.15) is 0 Å². The van der Waals surface area contributed by atoms with Gasteiger partial charge in [-0.1, -0.05) is 5.16 Å². The van der Waals surface area contributed by atoms with E-state index in [0.29, 0.717) is 24.4 Å². The van der Waals surface area contributed by atoms with E-state index < -0.39 is 0 Å². The highest BCUT2D eigenvalue weighted by Gasteiger charge is 2.11. The van der Waals surface area contributed by atoms with Crippen molar-refractivity contribution in [3.05, 3.63) is 35.3 Å². The first-order valence-corrected chi connectivity index (χ1v) is 6.32. The van der Waals surface area contributed by atoms with Gasteiger partial charge in [-0.3, -0.25) is 4.79 Å². The Bertz CT molecular complexity index is 571. The maximum Gasteiger partial charge on any atom is 0.224 e. The van der Waals surface area contributed by atoms with Crippen molar-refractivity contribution in [2.45, 2.75) is 26.7 Å². The van der Waals surface area contributed by atoms with Crippen LogP contribution in [-0.2, 0) is 11.2 Å². The Labute approximate surface area is 117 Å². The van der Waals surface area contributed by atoms with Gasteiger partial charge in [-0.15, -0.1) is 0 Å². The summed E-state index contributed by atoms with van der Waals surface area (Å²) in [4.78, 5) is 15.9. The molecule has 0 saturated heterocycles. The van der Waals surface area contributed by atoms with E-state index in [4.69, 9.17) is 9.26 Å². The number of rotatable bonds is 5. The highest BCUT2D eigenvalue weighted by molar-refractivity contribution is 5.90. The molecule has 0 spiro atoms. The van der Waals surface area contributed by atoms with Gasteiger partial charge in [-0.25, -0.2) is 4.98 Å². The summed E-state index contributed by atoms with van der Waals surface area (Å²) in [7, 11) is 1.55. The minimum atomic E-state index is -0.0723. The molecule has 2 heterocycles. The number of hydrogen-bond acceptors (Lipinski definition) is 5. The number of carbonyl (C=O) groups excluding carboxylic acids is 1. The number of carbonyl (C=O) groups is 1. The average Bonchev–Trinajstić information content (AvgIpc) is 2.77. The molecule has 6 nitrogen and oxygen atoms in total. The number of amides is 1. The molecular weight excluding hydrogens is 258 g/mol. The highest BCUT2D eigenvalue weighted by atomic mass is 16.5. The molecule has 106 valence electrons. The van der Waals surface area contributed by atoms with Crippen LogP contribution in [0.25, 0.3) is 0 Å². The van der Waals surface area contributed by atoms with Crippen molar-refractivity contribution < 1.29 is 14.1 Å². The quantitative estimate of drug-likeness (QED) is 0.905. The van der Waals surface area contributed by atoms with Crippen molar-refractivity contribution in [1.82, 2.24) is 10.1 Å². The van der Waals surface area contributed by atoms with E-state index in [2.05, 4.69) is 15.5 Å². The van der Waals surface area contributed by atoms with Crippen molar-refractivity contribution in [2.75, 3.05) is 12.4 Å². The number of nitrogens with zero attached hydrogens (tertiary/aromatic N) is 2. The largest absolute Gasteiger partial charge is 0.481 e. The Hall–Kier alpha value is -2.37. The van der Waals surface area contributed by atoms with E-state index in [9.17, 15) is 4.79 Å². The molecule has 0 fully saturated rings. The fraction of sp³-hybridized carbons (Fsp3) is 0.357. The fourth-order valence-corrected chi connectivity index (χ4v) is 1.90. The fourth-order valence-electron chi connectivity index (χ4n) is 1.90. The van der Waals surface area contributed by atoms with Crippen LogP contribution in [-0.4, -0.2) is 23.2 Å². The minimum absolute atomic E-state index is 0.0723. The normalized spacial score (nSPS) is 10.3. The van der Waals surface area contributed by atoms with Crippen molar-refractivity contribution in [1.29, 1.82) is 0 Å². The maximum atomic E-state index is 11.9. The van der Waals surface area contributed by atoms with Crippen LogP contribution in [0, 0.1) is 13.8 Å². The summed E-state index contributed by atoms with van der Waals surface area (Å²) in [6.07, 6.45) is 2.54. The number of methoxy groups -OCH3 is 1. The van der Waals surface area contributed by atoms with E-state index in [1.54, 1.807) is 25.4 Å². The molecule has 0 unspecified atom stereocenters. The lowest BCUT2D eigenvalue weighted by Gasteiger charge is -2.05. The topological polar surface area (TPSA) is 77.2 Å². The number of pyridine rings is 1. The number of aryl methyl sites for hydroxylation is 2. The van der Waals surface area contributed by atoms with Crippen LogP contribution >= 0.6 is 0 Å². The van der Waals surface area contributed by atoms with Gasteiger partial charge in [-0.05, 0) is 26.3 Å². The number of aromatic nitrogens is 2. The maximum absolute atomic E-state index is 11.9. The van der Waals surface area contributed by atoms with Crippen LogP contribution < -0.4 is 10.1 Å². The average molecular weight is 275 g/mol. The van der Waals surface area contributed by atoms with E-state index in [1.807, 2.05) is 13.8 Å². The summed E-state index contributed by atoms with van der Waals surface area (Å²) < 4.78 is 10.0. The number of ether oxygens (including phenoxy) is 1. The van der Waals surface area contributed by atoms with Crippen molar-refractivity contribution >= 4 is 11.6 Å². The number of nitrogens with one attached hydrogen (secondary N) is 1. The van der Waals surface area contributed by atoms with Gasteiger partial charge < -0.3 is 14.6 Å². The molecule has 2 aromatic rings. The molecule has 0 saturated carbocycles. The Kier molecular flexibility index (Phi) is 4.34. The van der Waals surface area contributed by atoms with Gasteiger partial charge in [0.2, 0.25) is 11.8 Å². The SMILES string of the molecule is COc1ccc(NC(=O)CCc2c(C)noc2C)cn1. The number of hydrogen-bond donors (Lipinski definition) is 1. The Morgan fingerprint density at radius 3 is 2.75 bits per heavy atom. The third kappa shape index (κ3) is 3.34. The molecule has 0 aliphatic carbocycles. The molecule has 0 radical (unpaired) electrons. The second kappa shape index (κ2) is 6.18. The summed E-state index contributed by atoms with van der Waals surface area (Å²) >= 11 is 0. The molecule has 2 rings (SSSR count). The minimum Gasteiger partial charge on any atom is -0.481 e. The third-order valence-corrected chi connectivity index (χ3v) is 3.01. The predicted octanol–water partition coefficient (Wildman–Crippen LogP) is 2.27. The van der Waals surface area contributed by atoms with Crippen LogP contribution in [0.4, 0.5) is 5.69 Å². The van der Waals surface area contributed by atoms with Gasteiger partial charge in [0.15, 0.2) is 0 Å². The summed E-state index contributed by atoms with van der Waals surface area (Å²) in [5.41, 5.74) is 2.48. The van der Waals surface area contributed by atoms with E-state index >= 15 is 0 Å². The van der Waals surface area contributed by atoms with Crippen molar-refractivity contribution in [3.8, 4) is 5.88 Å². The van der Waals surface area contributed by atoms with Crippen LogP contribution in [0.3, 0.4) is 0 Å². The Balaban J connectivity index is 1.89. The molecule has 1 N–H and O–H groups in total. The molecule has 0 aromatic carbocycles. The first-order valence-electron chi connectivity index (χ1n) is 6.32. The van der Waals surface area contributed by atoms with Gasteiger partial charge >= 0.3 is 0 Å². The van der Waals surface area contributed by atoms with Crippen molar-refractivity contribution in [2.24, 2.45) is 0 Å². The second-order valence-electron chi connectivity index (χ2n) is 4.44. The van der Waals surface area contributed by atoms with E-state index in [1.165, 1.54) is 0 Å². The smallest absolute Gasteiger partial charge is 0.224 e. The summed E-state index contributed by atoms with van der Waals surface area (Å²) in [6.45, 7) is 3.72. The molecule has 2 aromatic heterocycles. The van der Waals surface area contributed by atoms with Crippen LogP contribution in [0.5, 0.6) is 5.88 Å². The van der Waals surface area contributed by atoms with Gasteiger partial charge in [0.1, 0.15) is 5.76 Å². The molecule has 1 amide bonds. The summed E-state index contributed by atoms with van der Waals surface area (Å²) in [5, 5.41) is 6.65. The van der Waals surface area contributed by atoms with Crippen LogP contribution in [0.2, 0.25) is 0 Å². The predicted molar refractivity (Wildman–Crippen MR) is 73.7 cm³/mol. The second-order valence-corrected chi connectivity index (χ2v) is 4.44. The third-order valence-electron chi connectivity index (χ3n) is 3.01. The van der Waals surface area contributed by atoms with E-state index in [-0.39, 0.29) is 5.91 Å². The molecule has 0 bridgehead atoms. The van der Waals surface area contributed by atoms with Gasteiger partial charge in [0, 0.05) is 18.1 Å². The molecule has 20 heavy (non-hydrogen) atoms. The van der Waals surface area contributed by atoms with Crippen LogP contribution in [0.1, 0.15) is 23.4 Å². The lowest BCUT2D eigenvalue weighted by Crippen LogP contribution is -2.12.